The number of hydrogen-bond acceptors (Lipinski definition) is 2. The molecular formula is C18H19NO2. The lowest BCUT2D eigenvalue weighted by Gasteiger charge is -2.22. The van der Waals surface area contributed by atoms with Crippen molar-refractivity contribution >= 4 is 18.1 Å². The van der Waals surface area contributed by atoms with Gasteiger partial charge in [-0.25, -0.2) is 0 Å². The minimum absolute atomic E-state index is 0.490. The molecule has 0 bridgehead atoms. The molecule has 0 fully saturated rings. The van der Waals surface area contributed by atoms with Crippen LogP contribution in [-0.4, -0.2) is 11.5 Å². The van der Waals surface area contributed by atoms with Crippen LogP contribution in [0, 0.1) is 0 Å². The van der Waals surface area contributed by atoms with Gasteiger partial charge in [-0.3, -0.25) is 4.79 Å². The third-order valence-corrected chi connectivity index (χ3v) is 3.11. The largest absolute Gasteiger partial charge is 0.478 e. The molecule has 3 nitrogen and oxygen atoms in total. The molecule has 0 aliphatic rings. The topological polar surface area (TPSA) is 52.3 Å². The molecule has 0 spiro atoms. The minimum Gasteiger partial charge on any atom is -0.478 e. The Labute approximate surface area is 125 Å². The van der Waals surface area contributed by atoms with E-state index in [0.717, 1.165) is 11.1 Å². The van der Waals surface area contributed by atoms with E-state index in [4.69, 9.17) is 10.5 Å². The molecule has 108 valence electrons. The number of primary amides is 1. The molecule has 1 amide bonds. The van der Waals surface area contributed by atoms with Gasteiger partial charge in [0.05, 0.1) is 0 Å². The molecule has 0 atom stereocenters. The van der Waals surface area contributed by atoms with Crippen LogP contribution in [-0.2, 0) is 4.79 Å². The summed E-state index contributed by atoms with van der Waals surface area (Å²) in [6, 6.07) is 17.6. The van der Waals surface area contributed by atoms with Crippen molar-refractivity contribution in [3.8, 4) is 5.75 Å². The predicted octanol–water partition coefficient (Wildman–Crippen LogP) is 3.50. The van der Waals surface area contributed by atoms with Gasteiger partial charge in [-0.2, -0.15) is 0 Å². The Morgan fingerprint density at radius 3 is 2.00 bits per heavy atom. The van der Waals surface area contributed by atoms with Gasteiger partial charge in [-0.1, -0.05) is 54.6 Å². The summed E-state index contributed by atoms with van der Waals surface area (Å²) in [4.78, 5) is 11.2. The van der Waals surface area contributed by atoms with E-state index < -0.39 is 11.5 Å². The molecule has 2 aromatic carbocycles. The summed E-state index contributed by atoms with van der Waals surface area (Å²) in [6.07, 6.45) is 4.07. The van der Waals surface area contributed by atoms with Gasteiger partial charge in [0.25, 0.3) is 5.91 Å². The predicted molar refractivity (Wildman–Crippen MR) is 85.7 cm³/mol. The number of amides is 1. The first-order valence-electron chi connectivity index (χ1n) is 6.79. The van der Waals surface area contributed by atoms with Crippen molar-refractivity contribution in [2.75, 3.05) is 0 Å². The van der Waals surface area contributed by atoms with Crippen LogP contribution in [0.15, 0.2) is 54.6 Å². The van der Waals surface area contributed by atoms with Crippen LogP contribution in [0.2, 0.25) is 0 Å². The monoisotopic (exact) mass is 281 g/mol. The molecule has 0 heterocycles. The van der Waals surface area contributed by atoms with Crippen LogP contribution in [0.4, 0.5) is 0 Å². The van der Waals surface area contributed by atoms with E-state index in [-0.39, 0.29) is 0 Å². The van der Waals surface area contributed by atoms with E-state index in [2.05, 4.69) is 0 Å². The van der Waals surface area contributed by atoms with Crippen molar-refractivity contribution in [1.29, 1.82) is 0 Å². The molecule has 0 unspecified atom stereocenters. The first kappa shape index (κ1) is 14.9. The fraction of sp³-hybridized carbons (Fsp3) is 0.167. The summed E-state index contributed by atoms with van der Waals surface area (Å²) >= 11 is 0. The Morgan fingerprint density at radius 1 is 0.952 bits per heavy atom. The highest BCUT2D eigenvalue weighted by Gasteiger charge is 2.26. The van der Waals surface area contributed by atoms with Crippen molar-refractivity contribution in [2.24, 2.45) is 5.73 Å². The number of nitrogens with two attached hydrogens (primary N) is 1. The van der Waals surface area contributed by atoms with Crippen molar-refractivity contribution in [3.05, 3.63) is 65.7 Å². The zero-order valence-corrected chi connectivity index (χ0v) is 12.2. The number of hydrogen-bond donors (Lipinski definition) is 1. The van der Waals surface area contributed by atoms with E-state index in [1.165, 1.54) is 0 Å². The smallest absolute Gasteiger partial charge is 0.261 e. The lowest BCUT2D eigenvalue weighted by Crippen LogP contribution is -2.43. The van der Waals surface area contributed by atoms with Gasteiger partial charge in [0.15, 0.2) is 5.60 Å². The number of rotatable bonds is 5. The fourth-order valence-corrected chi connectivity index (χ4v) is 1.75. The highest BCUT2D eigenvalue weighted by molar-refractivity contribution is 5.82. The average Bonchev–Trinajstić information content (AvgIpc) is 2.47. The highest BCUT2D eigenvalue weighted by atomic mass is 16.5. The van der Waals surface area contributed by atoms with Gasteiger partial charge in [0.1, 0.15) is 5.75 Å². The Balaban J connectivity index is 2.06. The van der Waals surface area contributed by atoms with E-state index in [1.54, 1.807) is 13.8 Å². The molecule has 0 aromatic heterocycles. The van der Waals surface area contributed by atoms with Gasteiger partial charge >= 0.3 is 0 Å². The van der Waals surface area contributed by atoms with Crippen molar-refractivity contribution in [2.45, 2.75) is 19.4 Å². The number of carbonyl (C=O) groups excluding carboxylic acids is 1. The van der Waals surface area contributed by atoms with Crippen LogP contribution in [0.1, 0.15) is 25.0 Å². The quantitative estimate of drug-likeness (QED) is 0.853. The number of ether oxygens (including phenoxy) is 1. The maximum atomic E-state index is 11.2. The average molecular weight is 281 g/mol. The van der Waals surface area contributed by atoms with Crippen LogP contribution in [0.25, 0.3) is 12.2 Å². The van der Waals surface area contributed by atoms with Gasteiger partial charge < -0.3 is 10.5 Å². The second-order valence-corrected chi connectivity index (χ2v) is 5.29. The molecule has 2 N–H and O–H groups in total. The third kappa shape index (κ3) is 4.21. The standard InChI is InChI=1S/C18H19NO2/c1-18(2,17(19)20)21-16-12-10-15(11-13-16)9-8-14-6-4-3-5-7-14/h3-13H,1-2H3,(H2,19,20)/b9-8+. The van der Waals surface area contributed by atoms with E-state index in [0.29, 0.717) is 5.75 Å². The molecule has 0 saturated carbocycles. The first-order valence-corrected chi connectivity index (χ1v) is 6.79. The lowest BCUT2D eigenvalue weighted by molar-refractivity contribution is -0.130. The van der Waals surface area contributed by atoms with Crippen molar-refractivity contribution < 1.29 is 9.53 Å². The number of benzene rings is 2. The molecule has 21 heavy (non-hydrogen) atoms. The first-order chi connectivity index (χ1) is 9.97. The lowest BCUT2D eigenvalue weighted by atomic mass is 10.1. The van der Waals surface area contributed by atoms with Gasteiger partial charge in [-0.05, 0) is 37.1 Å². The summed E-state index contributed by atoms with van der Waals surface area (Å²) in [5.41, 5.74) is 6.48. The zero-order chi connectivity index (χ0) is 15.3. The Morgan fingerprint density at radius 2 is 1.48 bits per heavy atom. The molecule has 0 radical (unpaired) electrons. The third-order valence-electron chi connectivity index (χ3n) is 3.11. The Hall–Kier alpha value is -2.55. The second kappa shape index (κ2) is 6.27. The van der Waals surface area contributed by atoms with Crippen LogP contribution in [0.3, 0.4) is 0 Å². The van der Waals surface area contributed by atoms with Gasteiger partial charge in [0, 0.05) is 0 Å². The van der Waals surface area contributed by atoms with Crippen molar-refractivity contribution in [3.63, 3.8) is 0 Å². The van der Waals surface area contributed by atoms with E-state index in [9.17, 15) is 4.79 Å². The Bertz CT molecular complexity index is 628. The van der Waals surface area contributed by atoms with Crippen LogP contribution >= 0.6 is 0 Å². The van der Waals surface area contributed by atoms with E-state index in [1.807, 2.05) is 66.7 Å². The molecule has 2 aromatic rings. The summed E-state index contributed by atoms with van der Waals surface area (Å²) in [7, 11) is 0. The number of carbonyl (C=O) groups is 1. The maximum Gasteiger partial charge on any atom is 0.261 e. The van der Waals surface area contributed by atoms with Crippen LogP contribution < -0.4 is 10.5 Å². The maximum absolute atomic E-state index is 11.2. The fourth-order valence-electron chi connectivity index (χ4n) is 1.75. The molecule has 0 aliphatic heterocycles. The molecule has 2 rings (SSSR count). The molecule has 0 saturated heterocycles. The summed E-state index contributed by atoms with van der Waals surface area (Å²) < 4.78 is 5.58. The van der Waals surface area contributed by atoms with Gasteiger partial charge in [-0.15, -0.1) is 0 Å². The SMILES string of the molecule is CC(C)(Oc1ccc(/C=C/c2ccccc2)cc1)C(N)=O. The molecule has 3 heteroatoms. The minimum atomic E-state index is -1.01. The molecule has 0 aliphatic carbocycles. The van der Waals surface area contributed by atoms with Crippen LogP contribution in [0.5, 0.6) is 5.75 Å². The molecular weight excluding hydrogens is 262 g/mol. The zero-order valence-electron chi connectivity index (χ0n) is 12.2. The van der Waals surface area contributed by atoms with Crippen molar-refractivity contribution in [1.82, 2.24) is 0 Å². The highest BCUT2D eigenvalue weighted by Crippen LogP contribution is 2.19. The Kier molecular flexibility index (Phi) is 4.43. The normalized spacial score (nSPS) is 11.5. The summed E-state index contributed by atoms with van der Waals surface area (Å²) in [5.74, 6) is 0.131. The summed E-state index contributed by atoms with van der Waals surface area (Å²) in [5, 5.41) is 0. The van der Waals surface area contributed by atoms with Gasteiger partial charge in [0.2, 0.25) is 0 Å². The van der Waals surface area contributed by atoms with E-state index >= 15 is 0 Å². The summed E-state index contributed by atoms with van der Waals surface area (Å²) in [6.45, 7) is 3.30. The second-order valence-electron chi connectivity index (χ2n) is 5.29.